The summed E-state index contributed by atoms with van der Waals surface area (Å²) in [5, 5.41) is 0. The predicted octanol–water partition coefficient (Wildman–Crippen LogP) is 3.09. The molecule has 2 unspecified atom stereocenters. The predicted molar refractivity (Wildman–Crippen MR) is 98.7 cm³/mol. The molecular weight excluding hydrogens is 337 g/mol. The minimum absolute atomic E-state index is 0.381. The summed E-state index contributed by atoms with van der Waals surface area (Å²) in [6.45, 7) is 9.15. The fourth-order valence-corrected chi connectivity index (χ4v) is 14.8. The zero-order valence-corrected chi connectivity index (χ0v) is 18.3. The van der Waals surface area contributed by atoms with Crippen molar-refractivity contribution >= 4 is 60.8 Å². The Labute approximate surface area is 132 Å². The smallest absolute Gasteiger partial charge is 0.174 e. The van der Waals surface area contributed by atoms with Gasteiger partial charge in [-0.1, -0.05) is 49.3 Å². The van der Waals surface area contributed by atoms with Crippen molar-refractivity contribution in [2.24, 2.45) is 11.8 Å². The number of rotatable bonds is 11. The van der Waals surface area contributed by atoms with Gasteiger partial charge in [0.05, 0.1) is 0 Å². The zero-order valence-electron chi connectivity index (χ0n) is 12.2. The summed E-state index contributed by atoms with van der Waals surface area (Å²) in [6, 6.07) is 0. The van der Waals surface area contributed by atoms with Crippen LogP contribution in [0.1, 0.15) is 27.7 Å². The molecular formula is C10H26O2S4Si2. The molecule has 0 heterocycles. The molecule has 0 saturated heterocycles. The lowest BCUT2D eigenvalue weighted by Crippen LogP contribution is -2.20. The van der Waals surface area contributed by atoms with Crippen molar-refractivity contribution < 1.29 is 8.85 Å². The number of hydrogen-bond donors (Lipinski definition) is 0. The highest BCUT2D eigenvalue weighted by Crippen LogP contribution is 2.48. The molecule has 0 fully saturated rings. The van der Waals surface area contributed by atoms with E-state index >= 15 is 0 Å². The van der Waals surface area contributed by atoms with E-state index in [0.717, 1.165) is 0 Å². The summed E-state index contributed by atoms with van der Waals surface area (Å²) in [5.74, 6) is 1.43. The minimum Gasteiger partial charge on any atom is -0.426 e. The molecule has 0 spiro atoms. The lowest BCUT2D eigenvalue weighted by atomic mass is 10.3. The first kappa shape index (κ1) is 19.8. The van der Waals surface area contributed by atoms with E-state index in [-0.39, 0.29) is 19.5 Å². The van der Waals surface area contributed by atoms with Crippen LogP contribution in [-0.2, 0) is 8.85 Å². The fraction of sp³-hybridized carbons (Fsp3) is 1.00. The molecule has 0 rings (SSSR count). The van der Waals surface area contributed by atoms with Crippen molar-refractivity contribution in [3.05, 3.63) is 0 Å². The third kappa shape index (κ3) is 9.63. The fourth-order valence-electron chi connectivity index (χ4n) is 1.12. The molecule has 110 valence electrons. The SMILES string of the molecule is CO[SiH2]C(SSSSC([SiH2]OC)C(C)C)C(C)C. The average molecular weight is 363 g/mol. The second-order valence-corrected chi connectivity index (χ2v) is 15.9. The molecule has 0 radical (unpaired) electrons. The number of hydrogen-bond acceptors (Lipinski definition) is 6. The Morgan fingerprint density at radius 3 is 1.28 bits per heavy atom. The van der Waals surface area contributed by atoms with Crippen LogP contribution in [0, 0.1) is 11.8 Å². The summed E-state index contributed by atoms with van der Waals surface area (Å²) in [4.78, 5) is 1.43. The lowest BCUT2D eigenvalue weighted by molar-refractivity contribution is 0.431. The summed E-state index contributed by atoms with van der Waals surface area (Å²) in [6.07, 6.45) is 0. The van der Waals surface area contributed by atoms with Gasteiger partial charge < -0.3 is 8.85 Å². The van der Waals surface area contributed by atoms with E-state index in [1.807, 2.05) is 55.5 Å². The summed E-state index contributed by atoms with van der Waals surface area (Å²) in [7, 11) is 10.8. The van der Waals surface area contributed by atoms with Crippen LogP contribution >= 0.6 is 41.2 Å². The van der Waals surface area contributed by atoms with E-state index in [1.54, 1.807) is 0 Å². The van der Waals surface area contributed by atoms with Gasteiger partial charge in [0.15, 0.2) is 19.5 Å². The summed E-state index contributed by atoms with van der Waals surface area (Å²) < 4.78 is 10.8. The van der Waals surface area contributed by atoms with Crippen molar-refractivity contribution in [1.29, 1.82) is 0 Å². The largest absolute Gasteiger partial charge is 0.426 e. The zero-order chi connectivity index (χ0) is 14.0. The molecule has 0 aromatic heterocycles. The van der Waals surface area contributed by atoms with Crippen LogP contribution in [0.25, 0.3) is 0 Å². The van der Waals surface area contributed by atoms with Crippen LogP contribution in [0.15, 0.2) is 0 Å². The van der Waals surface area contributed by atoms with Crippen molar-refractivity contribution in [3.8, 4) is 0 Å². The van der Waals surface area contributed by atoms with Crippen LogP contribution in [-0.4, -0.2) is 43.5 Å². The van der Waals surface area contributed by atoms with E-state index in [9.17, 15) is 0 Å². The van der Waals surface area contributed by atoms with Gasteiger partial charge in [0.25, 0.3) is 0 Å². The second kappa shape index (κ2) is 12.5. The Kier molecular flexibility index (Phi) is 13.7. The topological polar surface area (TPSA) is 18.5 Å². The van der Waals surface area contributed by atoms with E-state index in [4.69, 9.17) is 8.85 Å². The molecule has 0 N–H and O–H groups in total. The van der Waals surface area contributed by atoms with E-state index in [1.165, 1.54) is 0 Å². The maximum atomic E-state index is 5.40. The van der Waals surface area contributed by atoms with Crippen molar-refractivity contribution in [1.82, 2.24) is 0 Å². The molecule has 8 heteroatoms. The molecule has 0 aromatic rings. The van der Waals surface area contributed by atoms with Gasteiger partial charge in [-0.15, -0.1) is 0 Å². The normalized spacial score (nSPS) is 16.7. The Morgan fingerprint density at radius 1 is 0.722 bits per heavy atom. The van der Waals surface area contributed by atoms with Crippen LogP contribution in [0.3, 0.4) is 0 Å². The first-order chi connectivity index (χ1) is 8.52. The highest BCUT2D eigenvalue weighted by atomic mass is 33.7. The lowest BCUT2D eigenvalue weighted by Gasteiger charge is -2.19. The maximum Gasteiger partial charge on any atom is 0.174 e. The van der Waals surface area contributed by atoms with Crippen LogP contribution in [0.2, 0.25) is 0 Å². The van der Waals surface area contributed by atoms with Gasteiger partial charge in [-0.3, -0.25) is 0 Å². The van der Waals surface area contributed by atoms with Gasteiger partial charge >= 0.3 is 0 Å². The third-order valence-corrected chi connectivity index (χ3v) is 16.3. The van der Waals surface area contributed by atoms with Crippen molar-refractivity contribution in [3.63, 3.8) is 0 Å². The highest BCUT2D eigenvalue weighted by molar-refractivity contribution is 9.26. The van der Waals surface area contributed by atoms with E-state index in [2.05, 4.69) is 27.7 Å². The Morgan fingerprint density at radius 2 is 1.06 bits per heavy atom. The monoisotopic (exact) mass is 362 g/mol. The van der Waals surface area contributed by atoms with Crippen LogP contribution in [0.5, 0.6) is 0 Å². The quantitative estimate of drug-likeness (QED) is 0.317. The van der Waals surface area contributed by atoms with Gasteiger partial charge in [-0.25, -0.2) is 0 Å². The van der Waals surface area contributed by atoms with E-state index < -0.39 is 0 Å². The molecule has 0 amide bonds. The third-order valence-electron chi connectivity index (χ3n) is 2.50. The molecule has 0 aliphatic rings. The van der Waals surface area contributed by atoms with Crippen molar-refractivity contribution in [2.75, 3.05) is 14.2 Å². The molecule has 0 bridgehead atoms. The molecule has 2 atom stereocenters. The van der Waals surface area contributed by atoms with Crippen molar-refractivity contribution in [2.45, 2.75) is 37.4 Å². The highest BCUT2D eigenvalue weighted by Gasteiger charge is 2.18. The standard InChI is InChI=1S/C10H26O2S4Si2/c1-7(2)9(17-11-5)13-15-16-14-10(8(3)4)18-12-6/h7-10H,17-18H2,1-6H3. The Hall–Kier alpha value is 1.75. The van der Waals surface area contributed by atoms with Crippen LogP contribution < -0.4 is 0 Å². The van der Waals surface area contributed by atoms with Gasteiger partial charge in [-0.2, -0.15) is 0 Å². The molecule has 2 nitrogen and oxygen atoms in total. The van der Waals surface area contributed by atoms with E-state index in [0.29, 0.717) is 21.6 Å². The first-order valence-corrected chi connectivity index (χ1v) is 13.9. The Balaban J connectivity index is 3.80. The first-order valence-electron chi connectivity index (χ1n) is 6.16. The Bertz CT molecular complexity index is 179. The molecule has 0 aromatic carbocycles. The van der Waals surface area contributed by atoms with Crippen LogP contribution in [0.4, 0.5) is 0 Å². The molecule has 18 heavy (non-hydrogen) atoms. The average Bonchev–Trinajstić information content (AvgIpc) is 2.30. The van der Waals surface area contributed by atoms with Gasteiger partial charge in [0.1, 0.15) is 0 Å². The van der Waals surface area contributed by atoms with Gasteiger partial charge in [0.2, 0.25) is 0 Å². The van der Waals surface area contributed by atoms with Gasteiger partial charge in [-0.05, 0) is 31.5 Å². The maximum absolute atomic E-state index is 5.40. The summed E-state index contributed by atoms with van der Waals surface area (Å²) >= 11 is 0. The minimum atomic E-state index is -0.381. The molecule has 0 aliphatic carbocycles. The van der Waals surface area contributed by atoms with Gasteiger partial charge in [0, 0.05) is 24.0 Å². The molecule has 0 saturated carbocycles. The molecule has 0 aliphatic heterocycles. The second-order valence-electron chi connectivity index (χ2n) is 4.80. The summed E-state index contributed by atoms with van der Waals surface area (Å²) in [5.41, 5.74) is 0.